The minimum absolute atomic E-state index is 0.181. The van der Waals surface area contributed by atoms with Gasteiger partial charge in [-0.2, -0.15) is 9.78 Å². The number of fused-ring (bicyclic) bond motifs is 1. The summed E-state index contributed by atoms with van der Waals surface area (Å²) in [5.41, 5.74) is 4.21. The van der Waals surface area contributed by atoms with Crippen LogP contribution in [0.5, 0.6) is 5.75 Å². The predicted octanol–water partition coefficient (Wildman–Crippen LogP) is 6.92. The SMILES string of the molecule is CC[C@@H](C)Oc1ccc(-n2c(C)cc(C=Nn3c(C(C)(C)C)nc4ccc(Br)cc4c3=O)c2C)cc1. The molecule has 2 aromatic heterocycles. The van der Waals surface area contributed by atoms with Gasteiger partial charge in [-0.3, -0.25) is 4.79 Å². The summed E-state index contributed by atoms with van der Waals surface area (Å²) in [6, 6.07) is 15.8. The van der Waals surface area contributed by atoms with E-state index in [1.165, 1.54) is 4.68 Å². The van der Waals surface area contributed by atoms with Gasteiger partial charge in [0.25, 0.3) is 5.56 Å². The minimum atomic E-state index is -0.367. The highest BCUT2D eigenvalue weighted by Crippen LogP contribution is 2.25. The fraction of sp³-hybridized carbons (Fsp3) is 0.345. The Morgan fingerprint density at radius 3 is 2.44 bits per heavy atom. The normalized spacial score (nSPS) is 13.0. The van der Waals surface area contributed by atoms with Crippen LogP contribution in [-0.4, -0.2) is 26.5 Å². The molecule has 0 saturated heterocycles. The fourth-order valence-corrected chi connectivity index (χ4v) is 4.53. The van der Waals surface area contributed by atoms with Crippen molar-refractivity contribution in [2.75, 3.05) is 0 Å². The Morgan fingerprint density at radius 1 is 1.11 bits per heavy atom. The molecule has 0 fully saturated rings. The van der Waals surface area contributed by atoms with Crippen LogP contribution >= 0.6 is 15.9 Å². The fourth-order valence-electron chi connectivity index (χ4n) is 4.17. The zero-order valence-electron chi connectivity index (χ0n) is 22.0. The van der Waals surface area contributed by atoms with Gasteiger partial charge >= 0.3 is 0 Å². The molecule has 0 aliphatic carbocycles. The molecular formula is C29H33BrN4O2. The van der Waals surface area contributed by atoms with Gasteiger partial charge in [-0.15, -0.1) is 0 Å². The highest BCUT2D eigenvalue weighted by atomic mass is 79.9. The molecule has 1 atom stereocenters. The molecule has 188 valence electrons. The number of aryl methyl sites for hydroxylation is 1. The second-order valence-electron chi connectivity index (χ2n) is 10.2. The van der Waals surface area contributed by atoms with Crippen LogP contribution in [0.25, 0.3) is 16.6 Å². The number of nitrogens with zero attached hydrogens (tertiary/aromatic N) is 4. The lowest BCUT2D eigenvalue weighted by atomic mass is 9.95. The Kier molecular flexibility index (Phi) is 7.23. The summed E-state index contributed by atoms with van der Waals surface area (Å²) in [7, 11) is 0. The molecule has 0 unspecified atom stereocenters. The topological polar surface area (TPSA) is 61.4 Å². The van der Waals surface area contributed by atoms with Gasteiger partial charge in [-0.05, 0) is 75.7 Å². The lowest BCUT2D eigenvalue weighted by molar-refractivity contribution is 0.217. The van der Waals surface area contributed by atoms with Crippen LogP contribution in [0.2, 0.25) is 0 Å². The number of aromatic nitrogens is 3. The molecule has 0 spiro atoms. The minimum Gasteiger partial charge on any atom is -0.491 e. The third-order valence-electron chi connectivity index (χ3n) is 6.27. The first-order chi connectivity index (χ1) is 17.0. The molecule has 0 saturated carbocycles. The van der Waals surface area contributed by atoms with E-state index in [-0.39, 0.29) is 17.1 Å². The van der Waals surface area contributed by atoms with Crippen molar-refractivity contribution in [1.82, 2.24) is 14.2 Å². The maximum atomic E-state index is 13.4. The van der Waals surface area contributed by atoms with Crippen molar-refractivity contribution in [3.05, 3.63) is 86.1 Å². The van der Waals surface area contributed by atoms with Gasteiger partial charge < -0.3 is 9.30 Å². The number of benzene rings is 2. The zero-order chi connectivity index (χ0) is 26.2. The van der Waals surface area contributed by atoms with Gasteiger partial charge in [-0.25, -0.2) is 4.98 Å². The highest BCUT2D eigenvalue weighted by molar-refractivity contribution is 9.10. The molecule has 2 heterocycles. The van der Waals surface area contributed by atoms with E-state index in [4.69, 9.17) is 9.72 Å². The molecule has 0 aliphatic heterocycles. The van der Waals surface area contributed by atoms with Crippen molar-refractivity contribution in [3.63, 3.8) is 0 Å². The van der Waals surface area contributed by atoms with Crippen molar-refractivity contribution >= 4 is 33.0 Å². The summed E-state index contributed by atoms with van der Waals surface area (Å²) in [5, 5.41) is 5.18. The molecule has 4 aromatic rings. The van der Waals surface area contributed by atoms with Gasteiger partial charge in [0.15, 0.2) is 0 Å². The Balaban J connectivity index is 1.75. The third kappa shape index (κ3) is 5.16. The molecule has 2 aromatic carbocycles. The monoisotopic (exact) mass is 548 g/mol. The van der Waals surface area contributed by atoms with Crippen molar-refractivity contribution < 1.29 is 4.74 Å². The first kappa shape index (κ1) is 25.9. The van der Waals surface area contributed by atoms with E-state index in [0.29, 0.717) is 16.7 Å². The van der Waals surface area contributed by atoms with Crippen molar-refractivity contribution in [1.29, 1.82) is 0 Å². The molecule has 0 aliphatic rings. The third-order valence-corrected chi connectivity index (χ3v) is 6.76. The van der Waals surface area contributed by atoms with E-state index in [0.717, 1.165) is 39.3 Å². The standard InChI is InChI=1S/C29H33BrN4O2/c1-8-19(3)36-24-12-10-23(11-13-24)33-18(2)15-21(20(33)4)17-31-34-27(35)25-16-22(30)9-14-26(25)32-28(34)29(5,6)7/h9-17,19H,8H2,1-7H3/t19-/m1/s1. The average molecular weight is 550 g/mol. The first-order valence-corrected chi connectivity index (χ1v) is 13.0. The number of hydrogen-bond donors (Lipinski definition) is 0. The van der Waals surface area contributed by atoms with Crippen molar-refractivity contribution in [2.24, 2.45) is 5.10 Å². The second kappa shape index (κ2) is 10.1. The molecule has 0 N–H and O–H groups in total. The Bertz CT molecular complexity index is 1490. The van der Waals surface area contributed by atoms with E-state index in [9.17, 15) is 4.79 Å². The average Bonchev–Trinajstić information content (AvgIpc) is 3.11. The first-order valence-electron chi connectivity index (χ1n) is 12.2. The number of halogens is 1. The lowest BCUT2D eigenvalue weighted by Crippen LogP contribution is -2.29. The highest BCUT2D eigenvalue weighted by Gasteiger charge is 2.23. The number of rotatable bonds is 6. The summed E-state index contributed by atoms with van der Waals surface area (Å²) in [5.74, 6) is 1.48. The van der Waals surface area contributed by atoms with Gasteiger partial charge in [-0.1, -0.05) is 43.6 Å². The van der Waals surface area contributed by atoms with Crippen molar-refractivity contribution in [2.45, 2.75) is 66.4 Å². The molecule has 7 heteroatoms. The van der Waals surface area contributed by atoms with Gasteiger partial charge in [0.1, 0.15) is 11.6 Å². The molecule has 36 heavy (non-hydrogen) atoms. The molecule has 0 radical (unpaired) electrons. The second-order valence-corrected chi connectivity index (χ2v) is 11.1. The Hall–Kier alpha value is -3.19. The molecule has 0 bridgehead atoms. The van der Waals surface area contributed by atoms with E-state index in [1.807, 2.05) is 45.0 Å². The van der Waals surface area contributed by atoms with Crippen LogP contribution in [-0.2, 0) is 5.41 Å². The van der Waals surface area contributed by atoms with E-state index >= 15 is 0 Å². The van der Waals surface area contributed by atoms with Gasteiger partial charge in [0.2, 0.25) is 0 Å². The number of hydrogen-bond acceptors (Lipinski definition) is 4. The number of ether oxygens (including phenoxy) is 1. The summed E-state index contributed by atoms with van der Waals surface area (Å²) in [4.78, 5) is 18.2. The molecular weight excluding hydrogens is 516 g/mol. The lowest BCUT2D eigenvalue weighted by Gasteiger charge is -2.20. The maximum Gasteiger partial charge on any atom is 0.282 e. The van der Waals surface area contributed by atoms with Crippen LogP contribution in [0.1, 0.15) is 63.8 Å². The van der Waals surface area contributed by atoms with Crippen LogP contribution in [0.4, 0.5) is 0 Å². The Labute approximate surface area is 220 Å². The van der Waals surface area contributed by atoms with Gasteiger partial charge in [0, 0.05) is 32.5 Å². The summed E-state index contributed by atoms with van der Waals surface area (Å²) >= 11 is 3.46. The smallest absolute Gasteiger partial charge is 0.282 e. The van der Waals surface area contributed by atoms with E-state index in [2.05, 4.69) is 71.5 Å². The molecule has 4 rings (SSSR count). The van der Waals surface area contributed by atoms with Crippen LogP contribution in [0.15, 0.2) is 62.9 Å². The summed E-state index contributed by atoms with van der Waals surface area (Å²) in [6.45, 7) is 14.4. The van der Waals surface area contributed by atoms with Crippen LogP contribution < -0.4 is 10.3 Å². The quantitative estimate of drug-likeness (QED) is 0.245. The molecule has 6 nitrogen and oxygen atoms in total. The van der Waals surface area contributed by atoms with E-state index < -0.39 is 0 Å². The predicted molar refractivity (Wildman–Crippen MR) is 151 cm³/mol. The Morgan fingerprint density at radius 2 is 1.81 bits per heavy atom. The maximum absolute atomic E-state index is 13.4. The van der Waals surface area contributed by atoms with E-state index in [1.54, 1.807) is 12.3 Å². The largest absolute Gasteiger partial charge is 0.491 e. The van der Waals surface area contributed by atoms with Crippen molar-refractivity contribution in [3.8, 4) is 11.4 Å². The van der Waals surface area contributed by atoms with Crippen LogP contribution in [0.3, 0.4) is 0 Å². The van der Waals surface area contributed by atoms with Gasteiger partial charge in [0.05, 0.1) is 23.2 Å². The van der Waals surface area contributed by atoms with Crippen LogP contribution in [0, 0.1) is 13.8 Å². The molecule has 0 amide bonds. The summed E-state index contributed by atoms with van der Waals surface area (Å²) in [6.07, 6.45) is 2.90. The summed E-state index contributed by atoms with van der Waals surface area (Å²) < 4.78 is 10.4. The zero-order valence-corrected chi connectivity index (χ0v) is 23.5.